The van der Waals surface area contributed by atoms with Gasteiger partial charge in [-0.05, 0) is 48.1 Å². The molecule has 0 N–H and O–H groups in total. The zero-order chi connectivity index (χ0) is 19.6. The van der Waals surface area contributed by atoms with Crippen molar-refractivity contribution in [2.24, 2.45) is 4.99 Å². The minimum Gasteiger partial charge on any atom is -0.493 e. The highest BCUT2D eigenvalue weighted by Gasteiger charge is 2.21. The van der Waals surface area contributed by atoms with Crippen molar-refractivity contribution >= 4 is 34.1 Å². The van der Waals surface area contributed by atoms with E-state index >= 15 is 0 Å². The summed E-state index contributed by atoms with van der Waals surface area (Å²) in [5.41, 5.74) is 4.51. The second kappa shape index (κ2) is 8.13. The molecule has 0 aliphatic carbocycles. The number of rotatable bonds is 3. The number of nitrogens with zero attached hydrogens (tertiary/aromatic N) is 4. The molecular formula is C20H21IN4O2. The average molecular weight is 476 g/mol. The van der Waals surface area contributed by atoms with Crippen LogP contribution in [0.25, 0.3) is 0 Å². The highest BCUT2D eigenvalue weighted by molar-refractivity contribution is 14.1. The molecule has 1 aliphatic heterocycles. The van der Waals surface area contributed by atoms with Crippen LogP contribution in [0, 0.1) is 21.8 Å². The van der Waals surface area contributed by atoms with Gasteiger partial charge in [-0.3, -0.25) is 4.98 Å². The first-order chi connectivity index (χ1) is 13.0. The van der Waals surface area contributed by atoms with Crippen molar-refractivity contribution in [2.75, 3.05) is 20.8 Å². The summed E-state index contributed by atoms with van der Waals surface area (Å²) in [6.07, 6.45) is 0.887. The van der Waals surface area contributed by atoms with Crippen LogP contribution >= 0.6 is 22.6 Å². The van der Waals surface area contributed by atoms with Crippen LogP contribution in [-0.2, 0) is 13.0 Å². The summed E-state index contributed by atoms with van der Waals surface area (Å²) in [7, 11) is 3.15. The first-order valence-corrected chi connectivity index (χ1v) is 9.66. The number of pyridine rings is 1. The number of amidine groups is 1. The quantitative estimate of drug-likeness (QED) is 0.381. The Labute approximate surface area is 173 Å². The lowest BCUT2D eigenvalue weighted by Crippen LogP contribution is -2.34. The van der Waals surface area contributed by atoms with Gasteiger partial charge in [0.1, 0.15) is 11.9 Å². The summed E-state index contributed by atoms with van der Waals surface area (Å²) < 4.78 is 11.5. The molecule has 0 radical (unpaired) electrons. The zero-order valence-corrected chi connectivity index (χ0v) is 18.0. The fourth-order valence-electron chi connectivity index (χ4n) is 3.18. The largest absolute Gasteiger partial charge is 0.493 e. The summed E-state index contributed by atoms with van der Waals surface area (Å²) in [6, 6.07) is 8.17. The van der Waals surface area contributed by atoms with E-state index < -0.39 is 0 Å². The van der Waals surface area contributed by atoms with E-state index in [-0.39, 0.29) is 0 Å². The lowest BCUT2D eigenvalue weighted by molar-refractivity contribution is 0.353. The predicted molar refractivity (Wildman–Crippen MR) is 113 cm³/mol. The van der Waals surface area contributed by atoms with Gasteiger partial charge in [-0.25, -0.2) is 4.99 Å². The summed E-state index contributed by atoms with van der Waals surface area (Å²) in [4.78, 5) is 11.6. The molecule has 27 heavy (non-hydrogen) atoms. The molecular weight excluding hydrogens is 455 g/mol. The highest BCUT2D eigenvalue weighted by atomic mass is 127. The maximum atomic E-state index is 9.62. The van der Waals surface area contributed by atoms with Crippen LogP contribution in [-0.4, -0.2) is 36.5 Å². The minimum absolute atomic E-state index is 0.488. The van der Waals surface area contributed by atoms with Crippen LogP contribution in [0.4, 0.5) is 5.69 Å². The lowest BCUT2D eigenvalue weighted by atomic mass is 10.1. The van der Waals surface area contributed by atoms with Crippen molar-refractivity contribution in [2.45, 2.75) is 26.8 Å². The molecule has 140 valence electrons. The van der Waals surface area contributed by atoms with E-state index in [9.17, 15) is 5.26 Å². The molecule has 2 heterocycles. The number of aromatic nitrogens is 1. The van der Waals surface area contributed by atoms with Crippen molar-refractivity contribution < 1.29 is 9.47 Å². The van der Waals surface area contributed by atoms with Crippen molar-refractivity contribution in [3.05, 3.63) is 44.3 Å². The van der Waals surface area contributed by atoms with E-state index in [2.05, 4.69) is 44.6 Å². The van der Waals surface area contributed by atoms with Gasteiger partial charge >= 0.3 is 0 Å². The Balaban J connectivity index is 1.96. The standard InChI is InChI=1S/C20H21IN4O2/c1-12-5-6-14-11-25(8-7-16(14)23-12)13(2)24-17-9-18(26-3)20(27-4)19(21)15(17)10-22/h5-6,9H,7-8,11H2,1-4H3. The van der Waals surface area contributed by atoms with Gasteiger partial charge in [0.15, 0.2) is 11.5 Å². The normalized spacial score (nSPS) is 13.8. The van der Waals surface area contributed by atoms with E-state index in [0.717, 1.165) is 36.7 Å². The number of aryl methyl sites for hydroxylation is 1. The van der Waals surface area contributed by atoms with E-state index in [0.29, 0.717) is 26.3 Å². The number of methoxy groups -OCH3 is 2. The highest BCUT2D eigenvalue weighted by Crippen LogP contribution is 2.40. The first kappa shape index (κ1) is 19.4. The molecule has 0 atom stereocenters. The van der Waals surface area contributed by atoms with Crippen LogP contribution < -0.4 is 9.47 Å². The maximum absolute atomic E-state index is 9.62. The number of fused-ring (bicyclic) bond motifs is 1. The van der Waals surface area contributed by atoms with Gasteiger partial charge in [-0.15, -0.1) is 0 Å². The summed E-state index contributed by atoms with van der Waals surface area (Å²) >= 11 is 2.10. The zero-order valence-electron chi connectivity index (χ0n) is 15.8. The van der Waals surface area contributed by atoms with Gasteiger partial charge in [0, 0.05) is 37.0 Å². The Morgan fingerprint density at radius 2 is 2.11 bits per heavy atom. The lowest BCUT2D eigenvalue weighted by Gasteiger charge is -2.30. The number of aliphatic imine (C=N–C) groups is 1. The Morgan fingerprint density at radius 3 is 2.78 bits per heavy atom. The number of ether oxygens (including phenoxy) is 2. The van der Waals surface area contributed by atoms with Gasteiger partial charge in [-0.2, -0.15) is 5.26 Å². The Kier molecular flexibility index (Phi) is 5.85. The van der Waals surface area contributed by atoms with E-state index in [4.69, 9.17) is 14.5 Å². The second-order valence-electron chi connectivity index (χ2n) is 6.32. The third kappa shape index (κ3) is 3.86. The Bertz CT molecular complexity index is 950. The molecule has 1 aromatic heterocycles. The van der Waals surface area contributed by atoms with E-state index in [1.165, 1.54) is 5.56 Å². The van der Waals surface area contributed by atoms with Crippen LogP contribution in [0.2, 0.25) is 0 Å². The molecule has 1 aromatic carbocycles. The smallest absolute Gasteiger partial charge is 0.175 e. The van der Waals surface area contributed by atoms with Crippen LogP contribution in [0.15, 0.2) is 23.2 Å². The first-order valence-electron chi connectivity index (χ1n) is 8.58. The summed E-state index contributed by atoms with van der Waals surface area (Å²) in [6.45, 7) is 5.61. The van der Waals surface area contributed by atoms with E-state index in [1.807, 2.05) is 19.9 Å². The Morgan fingerprint density at radius 1 is 1.33 bits per heavy atom. The van der Waals surface area contributed by atoms with Crippen LogP contribution in [0.1, 0.15) is 29.4 Å². The van der Waals surface area contributed by atoms with Gasteiger partial charge in [0.05, 0.1) is 29.0 Å². The van der Waals surface area contributed by atoms with Gasteiger partial charge in [0.2, 0.25) is 0 Å². The van der Waals surface area contributed by atoms with Crippen molar-refractivity contribution in [3.63, 3.8) is 0 Å². The monoisotopic (exact) mass is 476 g/mol. The fraction of sp³-hybridized carbons (Fsp3) is 0.350. The molecule has 1 aliphatic rings. The molecule has 0 amide bonds. The average Bonchev–Trinajstić information content (AvgIpc) is 2.67. The molecule has 0 bridgehead atoms. The maximum Gasteiger partial charge on any atom is 0.175 e. The molecule has 0 fully saturated rings. The van der Waals surface area contributed by atoms with Crippen LogP contribution in [0.5, 0.6) is 11.5 Å². The Hall–Kier alpha value is -2.34. The molecule has 0 spiro atoms. The van der Waals surface area contributed by atoms with Gasteiger partial charge < -0.3 is 14.4 Å². The molecule has 7 heteroatoms. The van der Waals surface area contributed by atoms with Crippen molar-refractivity contribution in [3.8, 4) is 17.6 Å². The number of hydrogen-bond donors (Lipinski definition) is 0. The second-order valence-corrected chi connectivity index (χ2v) is 7.40. The van der Waals surface area contributed by atoms with Crippen molar-refractivity contribution in [1.82, 2.24) is 9.88 Å². The molecule has 3 rings (SSSR count). The van der Waals surface area contributed by atoms with Crippen molar-refractivity contribution in [1.29, 1.82) is 5.26 Å². The summed E-state index contributed by atoms with van der Waals surface area (Å²) in [5.74, 6) is 1.98. The third-order valence-electron chi connectivity index (χ3n) is 4.63. The van der Waals surface area contributed by atoms with E-state index in [1.54, 1.807) is 20.3 Å². The topological polar surface area (TPSA) is 70.7 Å². The number of hydrogen-bond acceptors (Lipinski definition) is 5. The third-order valence-corrected chi connectivity index (χ3v) is 5.66. The minimum atomic E-state index is 0.488. The van der Waals surface area contributed by atoms with Gasteiger partial charge in [0.25, 0.3) is 0 Å². The fourth-order valence-corrected chi connectivity index (χ4v) is 4.06. The molecule has 0 saturated carbocycles. The number of nitriles is 1. The predicted octanol–water partition coefficient (Wildman–Crippen LogP) is 3.99. The summed E-state index contributed by atoms with van der Waals surface area (Å²) in [5, 5.41) is 9.62. The van der Waals surface area contributed by atoms with Crippen LogP contribution in [0.3, 0.4) is 0 Å². The number of halogens is 1. The molecule has 0 unspecified atom stereocenters. The SMILES string of the molecule is COc1cc(N=C(C)N2CCc3nc(C)ccc3C2)c(C#N)c(I)c1OC. The molecule has 6 nitrogen and oxygen atoms in total. The molecule has 0 saturated heterocycles. The van der Waals surface area contributed by atoms with Gasteiger partial charge in [-0.1, -0.05) is 6.07 Å². The number of benzene rings is 1. The molecule has 2 aromatic rings.